The van der Waals surface area contributed by atoms with E-state index >= 15 is 0 Å². The predicted molar refractivity (Wildman–Crippen MR) is 87.2 cm³/mol. The summed E-state index contributed by atoms with van der Waals surface area (Å²) < 4.78 is 6.03. The molecule has 3 fully saturated rings. The van der Waals surface area contributed by atoms with Gasteiger partial charge in [0, 0.05) is 36.6 Å². The zero-order chi connectivity index (χ0) is 15.5. The molecule has 21 heavy (non-hydrogen) atoms. The molecule has 3 heteroatoms. The van der Waals surface area contributed by atoms with E-state index in [1.54, 1.807) is 0 Å². The Morgan fingerprint density at radius 2 is 1.95 bits per heavy atom. The van der Waals surface area contributed by atoms with E-state index in [0.717, 1.165) is 19.1 Å². The van der Waals surface area contributed by atoms with Gasteiger partial charge in [0.1, 0.15) is 0 Å². The molecule has 0 radical (unpaired) electrons. The first-order valence-corrected chi connectivity index (χ1v) is 8.79. The molecule has 0 bridgehead atoms. The summed E-state index contributed by atoms with van der Waals surface area (Å²) in [5, 5.41) is 0. The Kier molecular flexibility index (Phi) is 3.71. The second-order valence-electron chi connectivity index (χ2n) is 9.39. The van der Waals surface area contributed by atoms with E-state index < -0.39 is 0 Å². The van der Waals surface area contributed by atoms with E-state index in [9.17, 15) is 0 Å². The van der Waals surface area contributed by atoms with Crippen LogP contribution < -0.4 is 5.73 Å². The third-order valence-electron chi connectivity index (χ3n) is 6.88. The number of rotatable bonds is 2. The lowest BCUT2D eigenvalue weighted by molar-refractivity contribution is -0.231. The van der Waals surface area contributed by atoms with Gasteiger partial charge in [-0.25, -0.2) is 0 Å². The van der Waals surface area contributed by atoms with Gasteiger partial charge >= 0.3 is 0 Å². The van der Waals surface area contributed by atoms with E-state index in [-0.39, 0.29) is 11.0 Å². The molecule has 2 N–H and O–H groups in total. The summed E-state index contributed by atoms with van der Waals surface area (Å²) in [6.45, 7) is 16.2. The highest BCUT2D eigenvalue weighted by molar-refractivity contribution is 5.21. The summed E-state index contributed by atoms with van der Waals surface area (Å²) in [6, 6.07) is 0. The molecule has 122 valence electrons. The van der Waals surface area contributed by atoms with Gasteiger partial charge in [0.2, 0.25) is 0 Å². The molecule has 3 nitrogen and oxygen atoms in total. The normalized spacial score (nSPS) is 43.4. The number of nitrogens with zero attached hydrogens (tertiary/aromatic N) is 1. The van der Waals surface area contributed by atoms with Gasteiger partial charge in [-0.1, -0.05) is 34.6 Å². The van der Waals surface area contributed by atoms with Crippen molar-refractivity contribution in [2.24, 2.45) is 28.4 Å². The zero-order valence-electron chi connectivity index (χ0n) is 14.6. The Morgan fingerprint density at radius 1 is 1.24 bits per heavy atom. The Bertz CT molecular complexity index is 401. The number of ether oxygens (including phenoxy) is 1. The van der Waals surface area contributed by atoms with E-state index in [1.807, 2.05) is 0 Å². The average molecular weight is 294 g/mol. The maximum absolute atomic E-state index is 6.95. The molecule has 0 aromatic heterocycles. The molecule has 2 heterocycles. The Hall–Kier alpha value is -0.120. The molecular formula is C18H34N2O. The fourth-order valence-corrected chi connectivity index (χ4v) is 5.04. The van der Waals surface area contributed by atoms with E-state index in [0.29, 0.717) is 17.4 Å². The third kappa shape index (κ3) is 2.36. The molecule has 0 aromatic carbocycles. The molecule has 2 aliphatic heterocycles. The molecule has 3 aliphatic rings. The summed E-state index contributed by atoms with van der Waals surface area (Å²) in [5.41, 5.74) is 7.41. The van der Waals surface area contributed by atoms with Crippen molar-refractivity contribution in [2.45, 2.75) is 65.5 Å². The molecule has 0 spiro atoms. The van der Waals surface area contributed by atoms with Gasteiger partial charge in [-0.15, -0.1) is 0 Å². The van der Waals surface area contributed by atoms with Crippen LogP contribution in [0.4, 0.5) is 0 Å². The Balaban J connectivity index is 1.67. The second kappa shape index (κ2) is 4.94. The molecule has 1 aliphatic carbocycles. The number of nitrogens with two attached hydrogens (primary N) is 1. The lowest BCUT2D eigenvalue weighted by Crippen LogP contribution is -2.80. The number of hydrogen-bond donors (Lipinski definition) is 1. The van der Waals surface area contributed by atoms with Gasteiger partial charge in [-0.3, -0.25) is 0 Å². The van der Waals surface area contributed by atoms with Crippen LogP contribution in [0.1, 0.15) is 53.9 Å². The topological polar surface area (TPSA) is 38.5 Å². The average Bonchev–Trinajstić information content (AvgIpc) is 2.87. The minimum atomic E-state index is -0.0646. The van der Waals surface area contributed by atoms with Crippen LogP contribution in [0.5, 0.6) is 0 Å². The summed E-state index contributed by atoms with van der Waals surface area (Å²) in [5.74, 6) is 1.37. The minimum Gasteiger partial charge on any atom is -0.377 e. The van der Waals surface area contributed by atoms with Crippen LogP contribution in [-0.4, -0.2) is 42.8 Å². The van der Waals surface area contributed by atoms with Gasteiger partial charge in [0.25, 0.3) is 0 Å². The van der Waals surface area contributed by atoms with Crippen molar-refractivity contribution in [3.63, 3.8) is 0 Å². The highest BCUT2D eigenvalue weighted by atomic mass is 16.5. The summed E-state index contributed by atoms with van der Waals surface area (Å²) in [4.78, 5) is 2.63. The first kappa shape index (κ1) is 15.8. The maximum Gasteiger partial charge on any atom is 0.0690 e. The van der Waals surface area contributed by atoms with Gasteiger partial charge in [0.05, 0.1) is 6.10 Å². The van der Waals surface area contributed by atoms with Crippen molar-refractivity contribution in [2.75, 3.05) is 26.2 Å². The smallest absolute Gasteiger partial charge is 0.0690 e. The van der Waals surface area contributed by atoms with Crippen molar-refractivity contribution in [3.05, 3.63) is 0 Å². The monoisotopic (exact) mass is 294 g/mol. The summed E-state index contributed by atoms with van der Waals surface area (Å²) >= 11 is 0. The van der Waals surface area contributed by atoms with Gasteiger partial charge in [0.15, 0.2) is 0 Å². The van der Waals surface area contributed by atoms with Crippen molar-refractivity contribution in [1.29, 1.82) is 0 Å². The lowest BCUT2D eigenvalue weighted by Gasteiger charge is -2.67. The molecule has 0 aromatic rings. The zero-order valence-corrected chi connectivity index (χ0v) is 14.6. The third-order valence-corrected chi connectivity index (χ3v) is 6.88. The first-order valence-electron chi connectivity index (χ1n) is 8.79. The maximum atomic E-state index is 6.95. The number of likely N-dealkylation sites (tertiary alicyclic amines) is 1. The molecule has 1 saturated carbocycles. The Labute approximate surface area is 130 Å². The van der Waals surface area contributed by atoms with Crippen LogP contribution in [0.2, 0.25) is 0 Å². The van der Waals surface area contributed by atoms with E-state index in [1.165, 1.54) is 32.4 Å². The van der Waals surface area contributed by atoms with Crippen LogP contribution >= 0.6 is 0 Å². The second-order valence-corrected chi connectivity index (χ2v) is 9.39. The van der Waals surface area contributed by atoms with E-state index in [2.05, 4.69) is 39.5 Å². The highest BCUT2D eigenvalue weighted by Gasteiger charge is 2.66. The molecular weight excluding hydrogens is 260 g/mol. The van der Waals surface area contributed by atoms with Gasteiger partial charge in [-0.2, -0.15) is 0 Å². The van der Waals surface area contributed by atoms with E-state index in [4.69, 9.17) is 10.5 Å². The van der Waals surface area contributed by atoms with Crippen molar-refractivity contribution < 1.29 is 4.74 Å². The van der Waals surface area contributed by atoms with Crippen molar-refractivity contribution in [3.8, 4) is 0 Å². The summed E-state index contributed by atoms with van der Waals surface area (Å²) in [7, 11) is 0. The minimum absolute atomic E-state index is 0.0646. The van der Waals surface area contributed by atoms with Crippen molar-refractivity contribution in [1.82, 2.24) is 4.90 Å². The van der Waals surface area contributed by atoms with Crippen molar-refractivity contribution >= 4 is 0 Å². The predicted octanol–water partition coefficient (Wildman–Crippen LogP) is 2.89. The van der Waals surface area contributed by atoms with Gasteiger partial charge in [-0.05, 0) is 37.1 Å². The quantitative estimate of drug-likeness (QED) is 0.851. The largest absolute Gasteiger partial charge is 0.377 e. The fraction of sp³-hybridized carbons (Fsp3) is 1.00. The van der Waals surface area contributed by atoms with Crippen LogP contribution in [-0.2, 0) is 4.74 Å². The highest BCUT2D eigenvalue weighted by Crippen LogP contribution is 2.57. The number of fused-ring (bicyclic) bond motifs is 1. The molecule has 0 amide bonds. The lowest BCUT2D eigenvalue weighted by atomic mass is 9.46. The Morgan fingerprint density at radius 3 is 2.57 bits per heavy atom. The molecule has 4 atom stereocenters. The summed E-state index contributed by atoms with van der Waals surface area (Å²) in [6.07, 6.45) is 4.14. The standard InChI is InChI=1S/C18H34N2O/c1-16(2,3)13-8-9-20(11-13)12-18(19)14-7-6-10-21-15(14)17(18,4)5/h13-15H,6-12,19H2,1-5H3. The van der Waals surface area contributed by atoms with Crippen LogP contribution in [0, 0.1) is 22.7 Å². The SMILES string of the molecule is CC(C)(C)C1CCN(CC2(N)C3CCCOC3C2(C)C)C1. The van der Waals surface area contributed by atoms with Crippen LogP contribution in [0.15, 0.2) is 0 Å². The number of hydrogen-bond acceptors (Lipinski definition) is 3. The fourth-order valence-electron chi connectivity index (χ4n) is 5.04. The first-order chi connectivity index (χ1) is 9.66. The molecule has 3 rings (SSSR count). The van der Waals surface area contributed by atoms with Crippen LogP contribution in [0.3, 0.4) is 0 Å². The van der Waals surface area contributed by atoms with Gasteiger partial charge < -0.3 is 15.4 Å². The molecule has 2 saturated heterocycles. The van der Waals surface area contributed by atoms with Crippen LogP contribution in [0.25, 0.3) is 0 Å². The molecule has 4 unspecified atom stereocenters.